The average molecular weight is 409 g/mol. The van der Waals surface area contributed by atoms with Gasteiger partial charge in [0.15, 0.2) is 0 Å². The van der Waals surface area contributed by atoms with Crippen LogP contribution in [0.2, 0.25) is 0 Å². The monoisotopic (exact) mass is 407 g/mol. The summed E-state index contributed by atoms with van der Waals surface area (Å²) in [5, 5.41) is 5.13. The largest absolute Gasteiger partial charge is 0.436 e. The highest BCUT2D eigenvalue weighted by atomic mass is 79.9. The smallest absolute Gasteiger partial charge is 0.238 e. The van der Waals surface area contributed by atoms with Crippen molar-refractivity contribution < 1.29 is 4.74 Å². The van der Waals surface area contributed by atoms with Gasteiger partial charge in [-0.25, -0.2) is 4.98 Å². The SMILES string of the molecule is CNc1ncc(Br)c(Oc2ccc3ccccc3c2Br)n1. The number of anilines is 1. The molecule has 0 fully saturated rings. The zero-order chi connectivity index (χ0) is 14.8. The van der Waals surface area contributed by atoms with Crippen LogP contribution >= 0.6 is 31.9 Å². The van der Waals surface area contributed by atoms with Gasteiger partial charge in [-0.05, 0) is 48.7 Å². The highest BCUT2D eigenvalue weighted by Gasteiger charge is 2.11. The summed E-state index contributed by atoms with van der Waals surface area (Å²) in [4.78, 5) is 8.41. The maximum Gasteiger partial charge on any atom is 0.238 e. The number of hydrogen-bond acceptors (Lipinski definition) is 4. The molecule has 0 saturated carbocycles. The third-order valence-corrected chi connectivity index (χ3v) is 4.33. The van der Waals surface area contributed by atoms with Gasteiger partial charge in [0.1, 0.15) is 5.75 Å². The van der Waals surface area contributed by atoms with Crippen molar-refractivity contribution in [2.45, 2.75) is 0 Å². The fourth-order valence-electron chi connectivity index (χ4n) is 1.94. The van der Waals surface area contributed by atoms with E-state index in [1.165, 1.54) is 0 Å². The number of benzene rings is 2. The first-order chi connectivity index (χ1) is 10.2. The second-order valence-corrected chi connectivity index (χ2v) is 5.94. The van der Waals surface area contributed by atoms with Crippen molar-refractivity contribution in [1.29, 1.82) is 0 Å². The first kappa shape index (κ1) is 14.3. The molecule has 3 rings (SSSR count). The molecule has 0 radical (unpaired) electrons. The van der Waals surface area contributed by atoms with Crippen molar-refractivity contribution in [2.75, 3.05) is 12.4 Å². The average Bonchev–Trinajstić information content (AvgIpc) is 2.52. The Morgan fingerprint density at radius 3 is 2.71 bits per heavy atom. The van der Waals surface area contributed by atoms with Gasteiger partial charge in [-0.3, -0.25) is 0 Å². The molecule has 0 spiro atoms. The molecule has 106 valence electrons. The minimum absolute atomic E-state index is 0.463. The van der Waals surface area contributed by atoms with Crippen LogP contribution in [0.25, 0.3) is 10.8 Å². The highest BCUT2D eigenvalue weighted by Crippen LogP contribution is 2.37. The van der Waals surface area contributed by atoms with Gasteiger partial charge >= 0.3 is 0 Å². The maximum absolute atomic E-state index is 5.91. The molecule has 4 nitrogen and oxygen atoms in total. The zero-order valence-electron chi connectivity index (χ0n) is 11.1. The number of halogens is 2. The normalized spacial score (nSPS) is 10.6. The summed E-state index contributed by atoms with van der Waals surface area (Å²) in [5.41, 5.74) is 0. The van der Waals surface area contributed by atoms with E-state index < -0.39 is 0 Å². The van der Waals surface area contributed by atoms with E-state index in [0.717, 1.165) is 15.2 Å². The summed E-state index contributed by atoms with van der Waals surface area (Å²) in [6.07, 6.45) is 1.66. The van der Waals surface area contributed by atoms with Crippen molar-refractivity contribution in [3.05, 3.63) is 51.5 Å². The first-order valence-electron chi connectivity index (χ1n) is 6.24. The summed E-state index contributed by atoms with van der Waals surface area (Å²) in [6, 6.07) is 12.0. The van der Waals surface area contributed by atoms with Crippen LogP contribution in [0.3, 0.4) is 0 Å². The number of rotatable bonds is 3. The van der Waals surface area contributed by atoms with Crippen molar-refractivity contribution >= 4 is 48.6 Å². The summed E-state index contributed by atoms with van der Waals surface area (Å²) in [7, 11) is 1.76. The summed E-state index contributed by atoms with van der Waals surface area (Å²) in [6.45, 7) is 0. The summed E-state index contributed by atoms with van der Waals surface area (Å²) >= 11 is 7.00. The molecule has 0 amide bonds. The molecule has 0 saturated heterocycles. The van der Waals surface area contributed by atoms with Crippen LogP contribution in [-0.2, 0) is 0 Å². The molecule has 1 N–H and O–H groups in total. The van der Waals surface area contributed by atoms with E-state index in [1.807, 2.05) is 30.3 Å². The first-order valence-corrected chi connectivity index (χ1v) is 7.83. The van der Waals surface area contributed by atoms with Crippen LogP contribution in [0.5, 0.6) is 11.6 Å². The van der Waals surface area contributed by atoms with E-state index in [4.69, 9.17) is 4.74 Å². The van der Waals surface area contributed by atoms with E-state index in [0.29, 0.717) is 22.1 Å². The van der Waals surface area contributed by atoms with Gasteiger partial charge in [-0.1, -0.05) is 30.3 Å². The zero-order valence-corrected chi connectivity index (χ0v) is 14.3. The Morgan fingerprint density at radius 2 is 1.90 bits per heavy atom. The van der Waals surface area contributed by atoms with Crippen molar-refractivity contribution in [1.82, 2.24) is 9.97 Å². The lowest BCUT2D eigenvalue weighted by Gasteiger charge is -2.11. The Balaban J connectivity index is 2.04. The second kappa shape index (κ2) is 5.99. The van der Waals surface area contributed by atoms with Gasteiger partial charge in [0.05, 0.1) is 15.1 Å². The third kappa shape index (κ3) is 2.87. The lowest BCUT2D eigenvalue weighted by atomic mass is 10.1. The van der Waals surface area contributed by atoms with Crippen LogP contribution in [0, 0.1) is 0 Å². The third-order valence-electron chi connectivity index (χ3n) is 2.97. The molecule has 1 heterocycles. The van der Waals surface area contributed by atoms with Gasteiger partial charge in [0.2, 0.25) is 11.8 Å². The lowest BCUT2D eigenvalue weighted by molar-refractivity contribution is 0.457. The Labute approximate surface area is 138 Å². The molecule has 1 aromatic heterocycles. The number of ether oxygens (including phenoxy) is 1. The molecular weight excluding hydrogens is 398 g/mol. The Hall–Kier alpha value is -1.66. The van der Waals surface area contributed by atoms with Crippen LogP contribution in [0.1, 0.15) is 0 Å². The minimum atomic E-state index is 0.463. The molecule has 0 unspecified atom stereocenters. The molecule has 0 atom stereocenters. The summed E-state index contributed by atoms with van der Waals surface area (Å²) in [5.74, 6) is 1.67. The van der Waals surface area contributed by atoms with Crippen LogP contribution in [-0.4, -0.2) is 17.0 Å². The highest BCUT2D eigenvalue weighted by molar-refractivity contribution is 9.11. The Kier molecular flexibility index (Phi) is 4.07. The van der Waals surface area contributed by atoms with Crippen molar-refractivity contribution in [3.8, 4) is 11.6 Å². The molecule has 0 aliphatic heterocycles. The predicted octanol–water partition coefficient (Wildman–Crippen LogP) is 4.99. The van der Waals surface area contributed by atoms with Gasteiger partial charge in [-0.15, -0.1) is 0 Å². The molecule has 0 bridgehead atoms. The fourth-order valence-corrected chi connectivity index (χ4v) is 2.79. The summed E-state index contributed by atoms with van der Waals surface area (Å²) < 4.78 is 7.50. The molecular formula is C15H11Br2N3O. The predicted molar refractivity (Wildman–Crippen MR) is 91.0 cm³/mol. The van der Waals surface area contributed by atoms with E-state index in [2.05, 4.69) is 53.2 Å². The topological polar surface area (TPSA) is 47.0 Å². The van der Waals surface area contributed by atoms with Crippen LogP contribution in [0.4, 0.5) is 5.95 Å². The van der Waals surface area contributed by atoms with E-state index in [9.17, 15) is 0 Å². The van der Waals surface area contributed by atoms with Gasteiger partial charge in [0.25, 0.3) is 0 Å². The Morgan fingerprint density at radius 1 is 1.10 bits per heavy atom. The lowest BCUT2D eigenvalue weighted by Crippen LogP contribution is -1.98. The molecule has 21 heavy (non-hydrogen) atoms. The van der Waals surface area contributed by atoms with E-state index >= 15 is 0 Å². The van der Waals surface area contributed by atoms with Gasteiger partial charge in [-0.2, -0.15) is 4.98 Å². The number of fused-ring (bicyclic) bond motifs is 1. The molecule has 0 aliphatic carbocycles. The number of nitrogens with one attached hydrogen (secondary N) is 1. The molecule has 0 aliphatic rings. The van der Waals surface area contributed by atoms with E-state index in [-0.39, 0.29) is 0 Å². The molecule has 6 heteroatoms. The fraction of sp³-hybridized carbons (Fsp3) is 0.0667. The van der Waals surface area contributed by atoms with Crippen LogP contribution < -0.4 is 10.1 Å². The van der Waals surface area contributed by atoms with Gasteiger partial charge < -0.3 is 10.1 Å². The Bertz CT molecular complexity index is 808. The number of nitrogens with zero attached hydrogens (tertiary/aromatic N) is 2. The quantitative estimate of drug-likeness (QED) is 0.663. The molecule has 3 aromatic rings. The second-order valence-electron chi connectivity index (χ2n) is 4.30. The molecule has 2 aromatic carbocycles. The van der Waals surface area contributed by atoms with E-state index in [1.54, 1.807) is 13.2 Å². The van der Waals surface area contributed by atoms with Gasteiger partial charge in [0, 0.05) is 7.05 Å². The van der Waals surface area contributed by atoms with Crippen LogP contribution in [0.15, 0.2) is 51.5 Å². The number of hydrogen-bond donors (Lipinski definition) is 1. The van der Waals surface area contributed by atoms with Crippen molar-refractivity contribution in [3.63, 3.8) is 0 Å². The van der Waals surface area contributed by atoms with Crippen molar-refractivity contribution in [2.24, 2.45) is 0 Å². The minimum Gasteiger partial charge on any atom is -0.436 e. The number of aromatic nitrogens is 2. The standard InChI is InChI=1S/C15H11Br2N3O/c1-18-15-19-8-11(16)14(20-15)21-12-7-6-9-4-2-3-5-10(9)13(12)17/h2-8H,1H3,(H,18,19,20). The maximum atomic E-state index is 5.91.